The van der Waals surface area contributed by atoms with Crippen molar-refractivity contribution in [3.8, 4) is 9.88 Å². The van der Waals surface area contributed by atoms with Gasteiger partial charge in [0.15, 0.2) is 0 Å². The lowest BCUT2D eigenvalue weighted by atomic mass is 9.95. The summed E-state index contributed by atoms with van der Waals surface area (Å²) in [7, 11) is 0. The summed E-state index contributed by atoms with van der Waals surface area (Å²) in [6, 6.07) is 9.94. The van der Waals surface area contributed by atoms with Gasteiger partial charge in [0, 0.05) is 36.3 Å². The number of likely N-dealkylation sites (tertiary alicyclic amines) is 1. The van der Waals surface area contributed by atoms with E-state index in [0.29, 0.717) is 11.6 Å². The van der Waals surface area contributed by atoms with Gasteiger partial charge in [0.2, 0.25) is 0 Å². The van der Waals surface area contributed by atoms with Gasteiger partial charge in [-0.1, -0.05) is 12.1 Å². The fraction of sp³-hybridized carbons (Fsp3) is 0.188. The van der Waals surface area contributed by atoms with Crippen molar-refractivity contribution in [2.75, 3.05) is 13.1 Å². The molecular weight excluding hydrogens is 314 g/mol. The molecule has 6 heteroatoms. The molecule has 0 radical (unpaired) electrons. The molecule has 0 atom stereocenters. The number of carbonyl (C=O) groups excluding carboxylic acids is 1. The van der Waals surface area contributed by atoms with Gasteiger partial charge < -0.3 is 4.90 Å². The first-order valence-electron chi connectivity index (χ1n) is 7.01. The molecule has 1 amide bonds. The molecule has 0 N–H and O–H groups in total. The van der Waals surface area contributed by atoms with E-state index < -0.39 is 0 Å². The second-order valence-corrected chi connectivity index (χ2v) is 6.98. The Hall–Kier alpha value is -2.05. The number of amides is 1. The average Bonchev–Trinajstić information content (AvgIpc) is 3.18. The first-order valence-corrected chi connectivity index (χ1v) is 8.77. The Kier molecular flexibility index (Phi) is 3.48. The number of thiazole rings is 1. The number of nitrogens with zero attached hydrogens (tertiary/aromatic N) is 3. The van der Waals surface area contributed by atoms with E-state index in [1.165, 1.54) is 11.3 Å². The maximum atomic E-state index is 12.4. The van der Waals surface area contributed by atoms with E-state index in [1.54, 1.807) is 17.5 Å². The summed E-state index contributed by atoms with van der Waals surface area (Å²) in [5.41, 5.74) is 1.61. The molecule has 1 aliphatic rings. The molecule has 0 unspecified atom stereocenters. The van der Waals surface area contributed by atoms with Crippen LogP contribution in [-0.2, 0) is 0 Å². The monoisotopic (exact) mass is 327 g/mol. The van der Waals surface area contributed by atoms with E-state index in [-0.39, 0.29) is 5.91 Å². The molecule has 0 saturated carbocycles. The Morgan fingerprint density at radius 2 is 2.09 bits per heavy atom. The maximum Gasteiger partial charge on any atom is 0.273 e. The second kappa shape index (κ2) is 5.62. The fourth-order valence-corrected chi connectivity index (χ4v) is 4.10. The Labute approximate surface area is 136 Å². The summed E-state index contributed by atoms with van der Waals surface area (Å²) in [6.07, 6.45) is 1.80. The summed E-state index contributed by atoms with van der Waals surface area (Å²) in [5, 5.41) is 4.79. The molecule has 4 heterocycles. The van der Waals surface area contributed by atoms with Crippen molar-refractivity contribution in [2.24, 2.45) is 0 Å². The molecule has 1 saturated heterocycles. The molecule has 1 fully saturated rings. The largest absolute Gasteiger partial charge is 0.336 e. The summed E-state index contributed by atoms with van der Waals surface area (Å²) in [4.78, 5) is 24.2. The van der Waals surface area contributed by atoms with Crippen molar-refractivity contribution in [3.05, 3.63) is 58.7 Å². The van der Waals surface area contributed by atoms with Gasteiger partial charge in [-0.3, -0.25) is 9.78 Å². The molecule has 3 aromatic rings. The van der Waals surface area contributed by atoms with Crippen molar-refractivity contribution in [3.63, 3.8) is 0 Å². The number of rotatable bonds is 3. The molecule has 1 aliphatic heterocycles. The number of hydrogen-bond donors (Lipinski definition) is 0. The zero-order valence-electron chi connectivity index (χ0n) is 11.7. The smallest absolute Gasteiger partial charge is 0.273 e. The predicted molar refractivity (Wildman–Crippen MR) is 88.3 cm³/mol. The first kappa shape index (κ1) is 13.6. The molecule has 4 rings (SSSR count). The van der Waals surface area contributed by atoms with Gasteiger partial charge in [-0.15, -0.1) is 22.7 Å². The van der Waals surface area contributed by atoms with Gasteiger partial charge in [-0.25, -0.2) is 4.98 Å². The third-order valence-corrected chi connectivity index (χ3v) is 5.61. The number of hydrogen-bond acceptors (Lipinski definition) is 5. The highest BCUT2D eigenvalue weighted by molar-refractivity contribution is 7.20. The highest BCUT2D eigenvalue weighted by atomic mass is 32.1. The van der Waals surface area contributed by atoms with Gasteiger partial charge in [-0.2, -0.15) is 0 Å². The highest BCUT2D eigenvalue weighted by Gasteiger charge is 2.33. The molecule has 0 aliphatic carbocycles. The minimum atomic E-state index is 0.0197. The minimum absolute atomic E-state index is 0.0197. The van der Waals surface area contributed by atoms with Gasteiger partial charge in [0.1, 0.15) is 10.7 Å². The lowest BCUT2D eigenvalue weighted by molar-refractivity contribution is 0.0593. The van der Waals surface area contributed by atoms with Gasteiger partial charge >= 0.3 is 0 Å². The predicted octanol–water partition coefficient (Wildman–Crippen LogP) is 3.51. The van der Waals surface area contributed by atoms with Crippen LogP contribution in [0, 0.1) is 0 Å². The molecule has 0 bridgehead atoms. The van der Waals surface area contributed by atoms with Crippen LogP contribution >= 0.6 is 22.7 Å². The van der Waals surface area contributed by atoms with E-state index in [4.69, 9.17) is 0 Å². The van der Waals surface area contributed by atoms with Crippen LogP contribution in [-0.4, -0.2) is 33.9 Å². The number of carbonyl (C=O) groups is 1. The van der Waals surface area contributed by atoms with Crippen LogP contribution in [0.1, 0.15) is 22.1 Å². The number of thiophene rings is 1. The standard InChI is InChI=1S/C16H13N3OS2/c20-16(13-10-22-15(18-13)14-5-3-7-21-14)19-8-11(9-19)12-4-1-2-6-17-12/h1-7,10-11H,8-9H2. The van der Waals surface area contributed by atoms with Crippen molar-refractivity contribution in [1.82, 2.24) is 14.9 Å². The third kappa shape index (κ3) is 2.44. The van der Waals surface area contributed by atoms with E-state index in [1.807, 2.05) is 46.0 Å². The molecule has 22 heavy (non-hydrogen) atoms. The van der Waals surface area contributed by atoms with Crippen molar-refractivity contribution < 1.29 is 4.79 Å². The summed E-state index contributed by atoms with van der Waals surface area (Å²) in [5.74, 6) is 0.367. The van der Waals surface area contributed by atoms with Crippen LogP contribution in [0.4, 0.5) is 0 Å². The Morgan fingerprint density at radius 3 is 2.82 bits per heavy atom. The Morgan fingerprint density at radius 1 is 1.18 bits per heavy atom. The normalized spacial score (nSPS) is 14.8. The lowest BCUT2D eigenvalue weighted by Crippen LogP contribution is -2.48. The van der Waals surface area contributed by atoms with Gasteiger partial charge in [0.25, 0.3) is 5.91 Å². The summed E-state index contributed by atoms with van der Waals surface area (Å²) in [6.45, 7) is 1.45. The van der Waals surface area contributed by atoms with Crippen molar-refractivity contribution >= 4 is 28.6 Å². The topological polar surface area (TPSA) is 46.1 Å². The second-order valence-electron chi connectivity index (χ2n) is 5.18. The molecule has 3 aromatic heterocycles. The number of aromatic nitrogens is 2. The van der Waals surface area contributed by atoms with Crippen LogP contribution in [0.15, 0.2) is 47.3 Å². The molecule has 0 spiro atoms. The van der Waals surface area contributed by atoms with E-state index in [2.05, 4.69) is 9.97 Å². The Balaban J connectivity index is 1.44. The van der Waals surface area contributed by atoms with Crippen LogP contribution in [0.5, 0.6) is 0 Å². The van der Waals surface area contributed by atoms with Crippen LogP contribution in [0.25, 0.3) is 9.88 Å². The van der Waals surface area contributed by atoms with E-state index in [0.717, 1.165) is 28.7 Å². The molecular formula is C16H13N3OS2. The quantitative estimate of drug-likeness (QED) is 0.739. The number of pyridine rings is 1. The molecule has 4 nitrogen and oxygen atoms in total. The van der Waals surface area contributed by atoms with Gasteiger partial charge in [0.05, 0.1) is 4.88 Å². The highest BCUT2D eigenvalue weighted by Crippen LogP contribution is 2.30. The van der Waals surface area contributed by atoms with Crippen molar-refractivity contribution in [2.45, 2.75) is 5.92 Å². The molecule has 0 aromatic carbocycles. The maximum absolute atomic E-state index is 12.4. The van der Waals surface area contributed by atoms with E-state index in [9.17, 15) is 4.79 Å². The van der Waals surface area contributed by atoms with Crippen LogP contribution < -0.4 is 0 Å². The lowest BCUT2D eigenvalue weighted by Gasteiger charge is -2.38. The van der Waals surface area contributed by atoms with Crippen LogP contribution in [0.2, 0.25) is 0 Å². The van der Waals surface area contributed by atoms with E-state index >= 15 is 0 Å². The zero-order chi connectivity index (χ0) is 14.9. The Bertz CT molecular complexity index is 777. The van der Waals surface area contributed by atoms with Crippen LogP contribution in [0.3, 0.4) is 0 Å². The zero-order valence-corrected chi connectivity index (χ0v) is 13.3. The molecule has 110 valence electrons. The fourth-order valence-electron chi connectivity index (χ4n) is 2.50. The SMILES string of the molecule is O=C(c1csc(-c2cccs2)n1)N1CC(c2ccccn2)C1. The first-order chi connectivity index (χ1) is 10.8. The third-order valence-electron chi connectivity index (χ3n) is 3.73. The summed E-state index contributed by atoms with van der Waals surface area (Å²) >= 11 is 3.17. The van der Waals surface area contributed by atoms with Gasteiger partial charge in [-0.05, 0) is 23.6 Å². The minimum Gasteiger partial charge on any atom is -0.336 e. The van der Waals surface area contributed by atoms with Crippen molar-refractivity contribution in [1.29, 1.82) is 0 Å². The average molecular weight is 327 g/mol. The summed E-state index contributed by atoms with van der Waals surface area (Å²) < 4.78 is 0.